The molecule has 0 radical (unpaired) electrons. The van der Waals surface area contributed by atoms with Gasteiger partial charge in [0.05, 0.1) is 27.0 Å². The highest BCUT2D eigenvalue weighted by Crippen LogP contribution is 2.35. The predicted octanol–water partition coefficient (Wildman–Crippen LogP) is 4.89. The molecule has 0 saturated carbocycles. The molecule has 7 nitrogen and oxygen atoms in total. The number of benzene rings is 2. The number of amides is 2. The SMILES string of the molecule is CCCNC(=O)C(CC)N(Cc1ccc(F)cc1)C(=O)CN(c1cc(Cl)c(Cl)cc1Cl)S(C)(=O)=O. The van der Waals surface area contributed by atoms with E-state index in [1.807, 2.05) is 6.92 Å². The zero-order chi connectivity index (χ0) is 26.3. The van der Waals surface area contributed by atoms with E-state index in [-0.39, 0.29) is 39.6 Å². The molecule has 35 heavy (non-hydrogen) atoms. The first-order chi connectivity index (χ1) is 16.4. The molecular formula is C23H27Cl3FN3O4S. The molecule has 1 unspecified atom stereocenters. The van der Waals surface area contributed by atoms with Crippen LogP contribution >= 0.6 is 34.8 Å². The molecule has 192 valence electrons. The number of hydrogen-bond donors (Lipinski definition) is 1. The van der Waals surface area contributed by atoms with E-state index >= 15 is 0 Å². The second kappa shape index (κ2) is 12.8. The Hall–Kier alpha value is -2.07. The molecule has 2 aromatic carbocycles. The number of sulfonamides is 1. The molecule has 12 heteroatoms. The number of halogens is 4. The molecule has 2 aromatic rings. The van der Waals surface area contributed by atoms with Crippen LogP contribution in [0.4, 0.5) is 10.1 Å². The highest BCUT2D eigenvalue weighted by Gasteiger charge is 2.32. The Balaban J connectivity index is 2.48. The fourth-order valence-electron chi connectivity index (χ4n) is 3.37. The normalized spacial score (nSPS) is 12.2. The third kappa shape index (κ3) is 7.96. The highest BCUT2D eigenvalue weighted by atomic mass is 35.5. The van der Waals surface area contributed by atoms with Gasteiger partial charge in [-0.05, 0) is 42.7 Å². The lowest BCUT2D eigenvalue weighted by Gasteiger charge is -2.33. The molecule has 0 aromatic heterocycles. The van der Waals surface area contributed by atoms with Crippen molar-refractivity contribution in [3.05, 3.63) is 62.8 Å². The third-order valence-corrected chi connectivity index (χ3v) is 7.29. The zero-order valence-electron chi connectivity index (χ0n) is 19.5. The first-order valence-electron chi connectivity index (χ1n) is 10.8. The van der Waals surface area contributed by atoms with Gasteiger partial charge in [0.15, 0.2) is 0 Å². The molecule has 0 heterocycles. The summed E-state index contributed by atoms with van der Waals surface area (Å²) in [5.41, 5.74) is 0.544. The van der Waals surface area contributed by atoms with Gasteiger partial charge in [0.25, 0.3) is 0 Å². The minimum Gasteiger partial charge on any atom is -0.354 e. The van der Waals surface area contributed by atoms with Gasteiger partial charge in [-0.1, -0.05) is 60.8 Å². The van der Waals surface area contributed by atoms with Crippen LogP contribution in [0, 0.1) is 5.82 Å². The van der Waals surface area contributed by atoms with Crippen molar-refractivity contribution >= 4 is 62.3 Å². The van der Waals surface area contributed by atoms with Gasteiger partial charge in [0, 0.05) is 13.1 Å². The van der Waals surface area contributed by atoms with Gasteiger partial charge in [-0.25, -0.2) is 12.8 Å². The standard InChI is InChI=1S/C23H27Cl3FN3O4S/c1-4-10-28-23(32)20(5-2)29(13-15-6-8-16(27)9-7-15)22(31)14-30(35(3,33)34)21-12-18(25)17(24)11-19(21)26/h6-9,11-12,20H,4-5,10,13-14H2,1-3H3,(H,28,32). The first kappa shape index (κ1) is 29.2. The van der Waals surface area contributed by atoms with Crippen LogP contribution in [0.1, 0.15) is 32.3 Å². The number of hydrogen-bond acceptors (Lipinski definition) is 4. The van der Waals surface area contributed by atoms with E-state index in [2.05, 4.69) is 5.32 Å². The van der Waals surface area contributed by atoms with E-state index in [9.17, 15) is 22.4 Å². The van der Waals surface area contributed by atoms with Crippen LogP contribution in [0.3, 0.4) is 0 Å². The Morgan fingerprint density at radius 2 is 1.63 bits per heavy atom. The Bertz CT molecular complexity index is 1160. The minimum atomic E-state index is -3.99. The van der Waals surface area contributed by atoms with Crippen molar-refractivity contribution in [2.75, 3.05) is 23.7 Å². The highest BCUT2D eigenvalue weighted by molar-refractivity contribution is 7.92. The molecule has 1 N–H and O–H groups in total. The van der Waals surface area contributed by atoms with E-state index in [0.29, 0.717) is 18.5 Å². The molecule has 0 fully saturated rings. The Kier molecular flexibility index (Phi) is 10.6. The third-order valence-electron chi connectivity index (χ3n) is 5.14. The minimum absolute atomic E-state index is 0.0181. The fourth-order valence-corrected chi connectivity index (χ4v) is 4.92. The van der Waals surface area contributed by atoms with E-state index in [1.165, 1.54) is 41.3 Å². The second-order valence-corrected chi connectivity index (χ2v) is 11.0. The van der Waals surface area contributed by atoms with Crippen molar-refractivity contribution < 1.29 is 22.4 Å². The van der Waals surface area contributed by atoms with Crippen molar-refractivity contribution in [2.24, 2.45) is 0 Å². The monoisotopic (exact) mass is 565 g/mol. The Morgan fingerprint density at radius 3 is 2.17 bits per heavy atom. The summed E-state index contributed by atoms with van der Waals surface area (Å²) in [6.07, 6.45) is 1.90. The summed E-state index contributed by atoms with van der Waals surface area (Å²) >= 11 is 18.3. The van der Waals surface area contributed by atoms with Crippen molar-refractivity contribution in [3.63, 3.8) is 0 Å². The maximum atomic E-state index is 13.6. The van der Waals surface area contributed by atoms with Crippen LogP contribution in [0.15, 0.2) is 36.4 Å². The largest absolute Gasteiger partial charge is 0.354 e. The quantitative estimate of drug-likeness (QED) is 0.393. The van der Waals surface area contributed by atoms with Gasteiger partial charge >= 0.3 is 0 Å². The van der Waals surface area contributed by atoms with Gasteiger partial charge in [-0.15, -0.1) is 0 Å². The molecule has 0 aliphatic rings. The summed E-state index contributed by atoms with van der Waals surface area (Å²) in [5, 5.41) is 2.93. The molecule has 0 bridgehead atoms. The Morgan fingerprint density at radius 1 is 1.03 bits per heavy atom. The summed E-state index contributed by atoms with van der Waals surface area (Å²) in [6, 6.07) is 7.14. The van der Waals surface area contributed by atoms with Crippen molar-refractivity contribution in [3.8, 4) is 0 Å². The average molecular weight is 567 g/mol. The predicted molar refractivity (Wildman–Crippen MR) is 138 cm³/mol. The number of nitrogens with one attached hydrogen (secondary N) is 1. The van der Waals surface area contributed by atoms with Gasteiger partial charge in [-0.3, -0.25) is 13.9 Å². The molecule has 0 aliphatic carbocycles. The maximum Gasteiger partial charge on any atom is 0.244 e. The Labute approximate surface area is 220 Å². The van der Waals surface area contributed by atoms with Crippen LogP contribution in [0.5, 0.6) is 0 Å². The molecule has 0 spiro atoms. The summed E-state index contributed by atoms with van der Waals surface area (Å²) in [4.78, 5) is 27.7. The molecule has 2 rings (SSSR count). The van der Waals surface area contributed by atoms with Gasteiger partial charge in [-0.2, -0.15) is 0 Å². The summed E-state index contributed by atoms with van der Waals surface area (Å²) in [5.74, 6) is -1.47. The number of rotatable bonds is 11. The van der Waals surface area contributed by atoms with E-state index < -0.39 is 34.3 Å². The molecule has 0 aliphatic heterocycles. The fraction of sp³-hybridized carbons (Fsp3) is 0.391. The van der Waals surface area contributed by atoms with Gasteiger partial charge in [0.2, 0.25) is 21.8 Å². The smallest absolute Gasteiger partial charge is 0.244 e. The lowest BCUT2D eigenvalue weighted by Crippen LogP contribution is -2.52. The summed E-state index contributed by atoms with van der Waals surface area (Å²) in [7, 11) is -3.99. The summed E-state index contributed by atoms with van der Waals surface area (Å²) < 4.78 is 39.5. The van der Waals surface area contributed by atoms with E-state index in [0.717, 1.165) is 10.6 Å². The first-order valence-corrected chi connectivity index (χ1v) is 13.8. The topological polar surface area (TPSA) is 86.8 Å². The van der Waals surface area contributed by atoms with Crippen LogP contribution in [-0.2, 0) is 26.2 Å². The van der Waals surface area contributed by atoms with E-state index in [1.54, 1.807) is 6.92 Å². The van der Waals surface area contributed by atoms with Crippen molar-refractivity contribution in [1.29, 1.82) is 0 Å². The van der Waals surface area contributed by atoms with Crippen LogP contribution < -0.4 is 9.62 Å². The molecule has 0 saturated heterocycles. The average Bonchev–Trinajstić information content (AvgIpc) is 2.79. The van der Waals surface area contributed by atoms with E-state index in [4.69, 9.17) is 34.8 Å². The molecule has 1 atom stereocenters. The number of anilines is 1. The number of carbonyl (C=O) groups excluding carboxylic acids is 2. The van der Waals surface area contributed by atoms with Crippen LogP contribution in [-0.4, -0.2) is 50.5 Å². The van der Waals surface area contributed by atoms with Crippen LogP contribution in [0.2, 0.25) is 15.1 Å². The number of carbonyl (C=O) groups is 2. The maximum absolute atomic E-state index is 13.6. The molecule has 2 amide bonds. The molecular weight excluding hydrogens is 540 g/mol. The van der Waals surface area contributed by atoms with Crippen molar-refractivity contribution in [2.45, 2.75) is 39.3 Å². The van der Waals surface area contributed by atoms with Gasteiger partial charge in [0.1, 0.15) is 18.4 Å². The van der Waals surface area contributed by atoms with Crippen molar-refractivity contribution in [1.82, 2.24) is 10.2 Å². The lowest BCUT2D eigenvalue weighted by atomic mass is 10.1. The lowest BCUT2D eigenvalue weighted by molar-refractivity contribution is -0.140. The zero-order valence-corrected chi connectivity index (χ0v) is 22.6. The second-order valence-electron chi connectivity index (χ2n) is 7.85. The number of nitrogens with zero attached hydrogens (tertiary/aromatic N) is 2. The van der Waals surface area contributed by atoms with Gasteiger partial charge < -0.3 is 10.2 Å². The summed E-state index contributed by atoms with van der Waals surface area (Å²) in [6.45, 7) is 3.38. The van der Waals surface area contributed by atoms with Crippen LogP contribution in [0.25, 0.3) is 0 Å².